The molecule has 1 amide bonds. The van der Waals surface area contributed by atoms with Crippen molar-refractivity contribution in [1.29, 1.82) is 0 Å². The van der Waals surface area contributed by atoms with Gasteiger partial charge in [0.05, 0.1) is 16.3 Å². The minimum atomic E-state index is -0.921. The Morgan fingerprint density at radius 3 is 2.77 bits per heavy atom. The van der Waals surface area contributed by atoms with E-state index in [0.717, 1.165) is 0 Å². The van der Waals surface area contributed by atoms with Crippen LogP contribution in [0.1, 0.15) is 24.8 Å². The molecule has 118 valence electrons. The number of nitrogens with zero attached hydrogens (tertiary/aromatic N) is 1. The van der Waals surface area contributed by atoms with Gasteiger partial charge in [-0.15, -0.1) is 0 Å². The topological polar surface area (TPSA) is 148 Å². The number of carboxylic acids is 1. The molecule has 0 aromatic heterocycles. The lowest BCUT2D eigenvalue weighted by Crippen LogP contribution is -2.39. The first kappa shape index (κ1) is 15.7. The van der Waals surface area contributed by atoms with E-state index in [4.69, 9.17) is 10.8 Å². The summed E-state index contributed by atoms with van der Waals surface area (Å²) in [6.45, 7) is 0.0781. The molecule has 1 atom stereocenters. The van der Waals surface area contributed by atoms with E-state index in [1.165, 1.54) is 12.1 Å². The molecule has 1 aromatic carbocycles. The van der Waals surface area contributed by atoms with E-state index in [2.05, 4.69) is 10.6 Å². The number of nitro groups is 1. The van der Waals surface area contributed by atoms with E-state index in [9.17, 15) is 19.7 Å². The van der Waals surface area contributed by atoms with Crippen molar-refractivity contribution in [2.75, 3.05) is 10.6 Å². The minimum Gasteiger partial charge on any atom is -0.481 e. The van der Waals surface area contributed by atoms with Gasteiger partial charge in [0, 0.05) is 25.1 Å². The van der Waals surface area contributed by atoms with Crippen LogP contribution in [0.25, 0.3) is 0 Å². The average molecular weight is 308 g/mol. The molecule has 1 aliphatic rings. The van der Waals surface area contributed by atoms with E-state index in [1.54, 1.807) is 0 Å². The highest BCUT2D eigenvalue weighted by molar-refractivity contribution is 6.04. The van der Waals surface area contributed by atoms with Crippen molar-refractivity contribution in [1.82, 2.24) is 0 Å². The molecule has 1 aromatic rings. The summed E-state index contributed by atoms with van der Waals surface area (Å²) in [5.41, 5.74) is 6.85. The predicted octanol–water partition coefficient (Wildman–Crippen LogP) is 1.04. The maximum atomic E-state index is 12.0. The fourth-order valence-corrected chi connectivity index (χ4v) is 2.34. The van der Waals surface area contributed by atoms with Crippen LogP contribution in [0.4, 0.5) is 17.1 Å². The fourth-order valence-electron chi connectivity index (χ4n) is 2.34. The van der Waals surface area contributed by atoms with Crippen LogP contribution in [0.5, 0.6) is 0 Å². The molecule has 0 saturated heterocycles. The number of nitrogens with one attached hydrogen (secondary N) is 2. The van der Waals surface area contributed by atoms with Gasteiger partial charge in [-0.2, -0.15) is 0 Å². The van der Waals surface area contributed by atoms with Gasteiger partial charge in [-0.1, -0.05) is 0 Å². The zero-order chi connectivity index (χ0) is 16.3. The van der Waals surface area contributed by atoms with E-state index in [-0.39, 0.29) is 24.6 Å². The minimum absolute atomic E-state index is 0.0255. The molecule has 9 heteroatoms. The van der Waals surface area contributed by atoms with E-state index >= 15 is 0 Å². The Balaban J connectivity index is 2.22. The standard InChI is InChI=1S/C13H16N4O5/c14-6-7-4-8(17(21)22)5-10-12(7)15-9(13(20)16-10)2-1-3-11(18)19/h4-5,9,15H,1-3,6,14H2,(H,16,20)(H,18,19). The van der Waals surface area contributed by atoms with Crippen molar-refractivity contribution >= 4 is 28.9 Å². The van der Waals surface area contributed by atoms with Gasteiger partial charge in [-0.05, 0) is 18.4 Å². The molecule has 0 saturated carbocycles. The molecule has 0 spiro atoms. The number of non-ortho nitro benzene ring substituents is 1. The molecular weight excluding hydrogens is 292 g/mol. The normalized spacial score (nSPS) is 16.4. The van der Waals surface area contributed by atoms with Crippen LogP contribution in [0.2, 0.25) is 0 Å². The number of nitro benzene ring substituents is 1. The highest BCUT2D eigenvalue weighted by atomic mass is 16.6. The Morgan fingerprint density at radius 2 is 2.18 bits per heavy atom. The maximum Gasteiger partial charge on any atom is 0.303 e. The lowest BCUT2D eigenvalue weighted by Gasteiger charge is -2.28. The average Bonchev–Trinajstić information content (AvgIpc) is 2.46. The van der Waals surface area contributed by atoms with Crippen LogP contribution in [0.3, 0.4) is 0 Å². The fraction of sp³-hybridized carbons (Fsp3) is 0.385. The number of hydrogen-bond acceptors (Lipinski definition) is 6. The van der Waals surface area contributed by atoms with Crippen LogP contribution in [-0.2, 0) is 16.1 Å². The number of carbonyl (C=O) groups excluding carboxylic acids is 1. The first-order valence-corrected chi connectivity index (χ1v) is 6.73. The van der Waals surface area contributed by atoms with E-state index in [0.29, 0.717) is 29.8 Å². The molecule has 0 bridgehead atoms. The molecule has 0 aliphatic carbocycles. The van der Waals surface area contributed by atoms with Crippen molar-refractivity contribution in [2.45, 2.75) is 31.8 Å². The summed E-state index contributed by atoms with van der Waals surface area (Å²) in [4.78, 5) is 32.8. The Bertz CT molecular complexity index is 631. The SMILES string of the molecule is NCc1cc([N+](=O)[O-])cc2c1NC(CCCC(=O)O)C(=O)N2. The Morgan fingerprint density at radius 1 is 1.45 bits per heavy atom. The van der Waals surface area contributed by atoms with E-state index in [1.807, 2.05) is 0 Å². The third-order valence-electron chi connectivity index (χ3n) is 3.41. The molecule has 5 N–H and O–H groups in total. The van der Waals surface area contributed by atoms with Gasteiger partial charge in [0.15, 0.2) is 0 Å². The van der Waals surface area contributed by atoms with Crippen LogP contribution >= 0.6 is 0 Å². The van der Waals surface area contributed by atoms with Crippen molar-refractivity contribution < 1.29 is 19.6 Å². The molecule has 2 rings (SSSR count). The maximum absolute atomic E-state index is 12.0. The third kappa shape index (κ3) is 3.31. The highest BCUT2D eigenvalue weighted by Crippen LogP contribution is 2.35. The van der Waals surface area contributed by atoms with Gasteiger partial charge in [0.2, 0.25) is 5.91 Å². The summed E-state index contributed by atoms with van der Waals surface area (Å²) < 4.78 is 0. The summed E-state index contributed by atoms with van der Waals surface area (Å²) in [5, 5.41) is 25.1. The number of anilines is 2. The summed E-state index contributed by atoms with van der Waals surface area (Å²) in [5.74, 6) is -1.27. The predicted molar refractivity (Wildman–Crippen MR) is 78.5 cm³/mol. The van der Waals surface area contributed by atoms with Gasteiger partial charge >= 0.3 is 5.97 Å². The number of aliphatic carboxylic acids is 1. The van der Waals surface area contributed by atoms with Gasteiger partial charge in [-0.3, -0.25) is 19.7 Å². The lowest BCUT2D eigenvalue weighted by atomic mass is 10.0. The Labute approximate surface area is 125 Å². The summed E-state index contributed by atoms with van der Waals surface area (Å²) >= 11 is 0. The lowest BCUT2D eigenvalue weighted by molar-refractivity contribution is -0.384. The zero-order valence-electron chi connectivity index (χ0n) is 11.7. The first-order chi connectivity index (χ1) is 10.4. The molecule has 0 radical (unpaired) electrons. The Kier molecular flexibility index (Phi) is 4.56. The number of fused-ring (bicyclic) bond motifs is 1. The van der Waals surface area contributed by atoms with Crippen LogP contribution in [0.15, 0.2) is 12.1 Å². The largest absolute Gasteiger partial charge is 0.481 e. The molecule has 0 fully saturated rings. The second kappa shape index (κ2) is 6.39. The third-order valence-corrected chi connectivity index (χ3v) is 3.41. The first-order valence-electron chi connectivity index (χ1n) is 6.73. The number of carboxylic acid groups (broad SMARTS) is 1. The van der Waals surface area contributed by atoms with Crippen molar-refractivity contribution in [2.24, 2.45) is 5.73 Å². The van der Waals surface area contributed by atoms with Crippen molar-refractivity contribution in [3.63, 3.8) is 0 Å². The number of amides is 1. The second-order valence-electron chi connectivity index (χ2n) is 4.96. The Hall–Kier alpha value is -2.68. The molecular formula is C13H16N4O5. The molecule has 9 nitrogen and oxygen atoms in total. The van der Waals surface area contributed by atoms with Gasteiger partial charge in [-0.25, -0.2) is 0 Å². The summed E-state index contributed by atoms with van der Waals surface area (Å²) in [7, 11) is 0. The summed E-state index contributed by atoms with van der Waals surface area (Å²) in [6, 6.07) is 2.04. The monoisotopic (exact) mass is 308 g/mol. The molecule has 22 heavy (non-hydrogen) atoms. The van der Waals surface area contributed by atoms with Crippen LogP contribution in [0, 0.1) is 10.1 Å². The van der Waals surface area contributed by atoms with Crippen molar-refractivity contribution in [3.8, 4) is 0 Å². The quantitative estimate of drug-likeness (QED) is 0.453. The highest BCUT2D eigenvalue weighted by Gasteiger charge is 2.28. The van der Waals surface area contributed by atoms with Gasteiger partial charge in [0.1, 0.15) is 6.04 Å². The summed E-state index contributed by atoms with van der Waals surface area (Å²) in [6.07, 6.45) is 0.668. The smallest absolute Gasteiger partial charge is 0.303 e. The number of nitrogens with two attached hydrogens (primary N) is 1. The number of hydrogen-bond donors (Lipinski definition) is 4. The van der Waals surface area contributed by atoms with Crippen LogP contribution < -0.4 is 16.4 Å². The second-order valence-corrected chi connectivity index (χ2v) is 4.96. The van der Waals surface area contributed by atoms with Crippen molar-refractivity contribution in [3.05, 3.63) is 27.8 Å². The molecule has 1 unspecified atom stereocenters. The van der Waals surface area contributed by atoms with Gasteiger partial charge < -0.3 is 21.5 Å². The zero-order valence-corrected chi connectivity index (χ0v) is 11.7. The molecule has 1 heterocycles. The van der Waals surface area contributed by atoms with Gasteiger partial charge in [0.25, 0.3) is 5.69 Å². The number of rotatable bonds is 6. The number of carbonyl (C=O) groups is 2. The van der Waals surface area contributed by atoms with Crippen LogP contribution in [-0.4, -0.2) is 27.9 Å². The number of benzene rings is 1. The molecule has 1 aliphatic heterocycles. The van der Waals surface area contributed by atoms with E-state index < -0.39 is 16.9 Å².